The van der Waals surface area contributed by atoms with Gasteiger partial charge >= 0.3 is 0 Å². The molecule has 1 atom stereocenters. The molecule has 0 saturated heterocycles. The summed E-state index contributed by atoms with van der Waals surface area (Å²) in [6, 6.07) is 12.8. The number of hydrogen-bond donors (Lipinski definition) is 3. The second-order valence-corrected chi connectivity index (χ2v) is 5.91. The van der Waals surface area contributed by atoms with Crippen molar-refractivity contribution in [1.29, 1.82) is 0 Å². The van der Waals surface area contributed by atoms with Gasteiger partial charge in [0.1, 0.15) is 17.3 Å². The highest BCUT2D eigenvalue weighted by atomic mass is 16.3. The number of rotatable bonds is 4. The number of imidazole rings is 1. The number of carbonyl (C=O) groups is 1. The highest BCUT2D eigenvalue weighted by molar-refractivity contribution is 5.93. The molecule has 0 radical (unpaired) electrons. The number of para-hydroxylation sites is 2. The number of amides is 1. The number of hydrogen-bond acceptors (Lipinski definition) is 4. The third kappa shape index (κ3) is 2.91. The van der Waals surface area contributed by atoms with E-state index in [1.165, 1.54) is 0 Å². The van der Waals surface area contributed by atoms with E-state index >= 15 is 0 Å². The van der Waals surface area contributed by atoms with Gasteiger partial charge < -0.3 is 14.7 Å². The maximum Gasteiger partial charge on any atom is 0.272 e. The summed E-state index contributed by atoms with van der Waals surface area (Å²) in [4.78, 5) is 20.1. The average molecular weight is 335 g/mol. The minimum absolute atomic E-state index is 0.272. The zero-order valence-electron chi connectivity index (χ0n) is 13.8. The zero-order valence-corrected chi connectivity index (χ0v) is 13.8. The van der Waals surface area contributed by atoms with Crippen molar-refractivity contribution in [1.82, 2.24) is 25.5 Å². The molecule has 4 aromatic rings. The molecule has 0 fully saturated rings. The van der Waals surface area contributed by atoms with E-state index in [0.29, 0.717) is 23.0 Å². The number of benzene rings is 1. The van der Waals surface area contributed by atoms with Gasteiger partial charge in [-0.05, 0) is 38.1 Å². The summed E-state index contributed by atoms with van der Waals surface area (Å²) < 4.78 is 5.53. The Bertz CT molecular complexity index is 1010. The largest absolute Gasteiger partial charge is 0.460 e. The fraction of sp³-hybridized carbons (Fsp3) is 0.167. The summed E-state index contributed by atoms with van der Waals surface area (Å²) in [5, 5.41) is 9.78. The van der Waals surface area contributed by atoms with Crippen LogP contribution in [0.5, 0.6) is 0 Å². The Morgan fingerprint density at radius 1 is 1.24 bits per heavy atom. The molecule has 3 heterocycles. The van der Waals surface area contributed by atoms with Crippen LogP contribution in [-0.2, 0) is 0 Å². The van der Waals surface area contributed by atoms with Gasteiger partial charge in [0.2, 0.25) is 0 Å². The number of H-pyrrole nitrogens is 2. The van der Waals surface area contributed by atoms with Gasteiger partial charge in [-0.2, -0.15) is 5.10 Å². The number of aromatic amines is 2. The second kappa shape index (κ2) is 5.94. The van der Waals surface area contributed by atoms with Gasteiger partial charge in [-0.25, -0.2) is 4.98 Å². The molecule has 7 nitrogen and oxygen atoms in total. The summed E-state index contributed by atoms with van der Waals surface area (Å²) in [6.45, 7) is 3.74. The van der Waals surface area contributed by atoms with Gasteiger partial charge in [0.15, 0.2) is 11.5 Å². The third-order valence-corrected chi connectivity index (χ3v) is 3.98. The first-order chi connectivity index (χ1) is 12.1. The third-order valence-electron chi connectivity index (χ3n) is 3.98. The number of fused-ring (bicyclic) bond motifs is 1. The molecule has 0 spiro atoms. The lowest BCUT2D eigenvalue weighted by Gasteiger charge is -2.09. The van der Waals surface area contributed by atoms with Crippen LogP contribution in [0.3, 0.4) is 0 Å². The quantitative estimate of drug-likeness (QED) is 0.532. The fourth-order valence-electron chi connectivity index (χ4n) is 2.66. The predicted octanol–water partition coefficient (Wildman–Crippen LogP) is 3.35. The summed E-state index contributed by atoms with van der Waals surface area (Å²) in [5.74, 6) is 1.87. The first kappa shape index (κ1) is 15.2. The van der Waals surface area contributed by atoms with Crippen LogP contribution in [0.15, 0.2) is 46.9 Å². The fourth-order valence-corrected chi connectivity index (χ4v) is 2.66. The Morgan fingerprint density at radius 2 is 2.08 bits per heavy atom. The summed E-state index contributed by atoms with van der Waals surface area (Å²) in [6.07, 6.45) is 0. The molecule has 3 aromatic heterocycles. The van der Waals surface area contributed by atoms with Gasteiger partial charge in [-0.1, -0.05) is 12.1 Å². The number of carbonyl (C=O) groups excluding carboxylic acids is 1. The van der Waals surface area contributed by atoms with Crippen LogP contribution in [0.1, 0.15) is 35.0 Å². The average Bonchev–Trinajstić information content (AvgIpc) is 3.33. The number of nitrogens with zero attached hydrogens (tertiary/aromatic N) is 2. The van der Waals surface area contributed by atoms with Gasteiger partial charge in [0.05, 0.1) is 17.1 Å². The van der Waals surface area contributed by atoms with E-state index in [1.54, 1.807) is 6.07 Å². The lowest BCUT2D eigenvalue weighted by Crippen LogP contribution is -2.27. The monoisotopic (exact) mass is 335 g/mol. The van der Waals surface area contributed by atoms with Crippen molar-refractivity contribution in [3.8, 4) is 11.5 Å². The maximum atomic E-state index is 12.4. The first-order valence-corrected chi connectivity index (χ1v) is 7.98. The highest BCUT2D eigenvalue weighted by Crippen LogP contribution is 2.21. The second-order valence-electron chi connectivity index (χ2n) is 5.91. The number of nitrogens with one attached hydrogen (secondary N) is 3. The Morgan fingerprint density at radius 3 is 2.84 bits per heavy atom. The van der Waals surface area contributed by atoms with Crippen molar-refractivity contribution >= 4 is 16.9 Å². The van der Waals surface area contributed by atoms with E-state index < -0.39 is 0 Å². The standard InChI is InChI=1S/C18H17N5O2/c1-10-7-8-16(25-10)14-9-15(23-22-14)18(24)19-11(2)17-20-12-5-3-4-6-13(12)21-17/h3-9,11H,1-2H3,(H,19,24)(H,20,21)(H,22,23). The number of aryl methyl sites for hydroxylation is 1. The molecule has 25 heavy (non-hydrogen) atoms. The van der Waals surface area contributed by atoms with E-state index in [-0.39, 0.29) is 11.9 Å². The van der Waals surface area contributed by atoms with E-state index in [9.17, 15) is 4.79 Å². The number of furan rings is 1. The molecule has 7 heteroatoms. The van der Waals surface area contributed by atoms with Crippen molar-refractivity contribution in [2.45, 2.75) is 19.9 Å². The van der Waals surface area contributed by atoms with Crippen molar-refractivity contribution < 1.29 is 9.21 Å². The minimum atomic E-state index is -0.279. The highest BCUT2D eigenvalue weighted by Gasteiger charge is 2.18. The van der Waals surface area contributed by atoms with Gasteiger partial charge in [-0.15, -0.1) is 0 Å². The van der Waals surface area contributed by atoms with Crippen molar-refractivity contribution in [2.75, 3.05) is 0 Å². The van der Waals surface area contributed by atoms with Crippen molar-refractivity contribution in [3.05, 3.63) is 59.7 Å². The lowest BCUT2D eigenvalue weighted by molar-refractivity contribution is 0.0933. The molecule has 0 aliphatic heterocycles. The van der Waals surface area contributed by atoms with E-state index in [4.69, 9.17) is 4.42 Å². The molecule has 1 amide bonds. The molecule has 0 saturated carbocycles. The molecule has 0 aliphatic carbocycles. The first-order valence-electron chi connectivity index (χ1n) is 7.98. The van der Waals surface area contributed by atoms with Crippen LogP contribution in [0.25, 0.3) is 22.5 Å². The summed E-state index contributed by atoms with van der Waals surface area (Å²) in [5.41, 5.74) is 2.77. The smallest absolute Gasteiger partial charge is 0.272 e. The Labute approximate surface area is 143 Å². The van der Waals surface area contributed by atoms with Gasteiger partial charge in [0.25, 0.3) is 5.91 Å². The Balaban J connectivity index is 1.50. The lowest BCUT2D eigenvalue weighted by atomic mass is 10.2. The van der Waals surface area contributed by atoms with Crippen LogP contribution in [0, 0.1) is 6.92 Å². The summed E-state index contributed by atoms with van der Waals surface area (Å²) >= 11 is 0. The SMILES string of the molecule is Cc1ccc(-c2cc(C(=O)NC(C)c3nc4ccccc4[nH]3)n[nH]2)o1. The summed E-state index contributed by atoms with van der Waals surface area (Å²) in [7, 11) is 0. The maximum absolute atomic E-state index is 12.4. The van der Waals surface area contributed by atoms with Crippen LogP contribution in [0.4, 0.5) is 0 Å². The van der Waals surface area contributed by atoms with Crippen LogP contribution < -0.4 is 5.32 Å². The van der Waals surface area contributed by atoms with Crippen LogP contribution in [-0.4, -0.2) is 26.1 Å². The molecule has 0 bridgehead atoms. The molecule has 0 aliphatic rings. The van der Waals surface area contributed by atoms with E-state index in [2.05, 4.69) is 25.5 Å². The molecule has 3 N–H and O–H groups in total. The molecular formula is C18H17N5O2. The Hall–Kier alpha value is -3.35. The normalized spacial score (nSPS) is 12.4. The molecule has 1 aromatic carbocycles. The van der Waals surface area contributed by atoms with Crippen molar-refractivity contribution in [2.24, 2.45) is 0 Å². The molecule has 1 unspecified atom stereocenters. The van der Waals surface area contributed by atoms with Crippen LogP contribution in [0.2, 0.25) is 0 Å². The van der Waals surface area contributed by atoms with Gasteiger partial charge in [0, 0.05) is 6.07 Å². The zero-order chi connectivity index (χ0) is 17.4. The number of aromatic nitrogens is 4. The van der Waals surface area contributed by atoms with Crippen LogP contribution >= 0.6 is 0 Å². The Kier molecular flexibility index (Phi) is 3.61. The minimum Gasteiger partial charge on any atom is -0.460 e. The van der Waals surface area contributed by atoms with E-state index in [1.807, 2.05) is 50.2 Å². The molecule has 126 valence electrons. The predicted molar refractivity (Wildman–Crippen MR) is 93.0 cm³/mol. The van der Waals surface area contributed by atoms with E-state index in [0.717, 1.165) is 16.8 Å². The van der Waals surface area contributed by atoms with Crippen molar-refractivity contribution in [3.63, 3.8) is 0 Å². The van der Waals surface area contributed by atoms with Gasteiger partial charge in [-0.3, -0.25) is 9.89 Å². The molecular weight excluding hydrogens is 318 g/mol. The molecule has 4 rings (SSSR count). The topological polar surface area (TPSA) is 99.6 Å².